The lowest BCUT2D eigenvalue weighted by atomic mass is 10.1. The van der Waals surface area contributed by atoms with Gasteiger partial charge in [-0.25, -0.2) is 0 Å². The molecule has 1 aliphatic carbocycles. The first-order valence-electron chi connectivity index (χ1n) is 9.30. The molecule has 2 fully saturated rings. The van der Waals surface area contributed by atoms with Crippen molar-refractivity contribution in [3.8, 4) is 0 Å². The summed E-state index contributed by atoms with van der Waals surface area (Å²) >= 11 is 1.80. The first-order chi connectivity index (χ1) is 11.6. The Bertz CT molecular complexity index is 522. The van der Waals surface area contributed by atoms with Crippen LogP contribution in [-0.2, 0) is 10.5 Å². The maximum atomic E-state index is 13.0. The van der Waals surface area contributed by atoms with Gasteiger partial charge >= 0.3 is 0 Å². The Balaban J connectivity index is 1.50. The summed E-state index contributed by atoms with van der Waals surface area (Å²) in [5, 5.41) is 0.0696. The fourth-order valence-electron chi connectivity index (χ4n) is 3.31. The zero-order chi connectivity index (χ0) is 16.9. The van der Waals surface area contributed by atoms with Gasteiger partial charge in [-0.2, -0.15) is 0 Å². The van der Waals surface area contributed by atoms with E-state index in [9.17, 15) is 4.79 Å². The molecule has 1 saturated heterocycles. The standard InChI is InChI=1S/C20H30N2OS/c1-16(2)19(24-15-18-6-4-3-5-7-18)20(23)22-12-10-21(11-13-22)14-17-8-9-17/h3-7,16-17,19H,8-15H2,1-2H3. The molecule has 0 radical (unpaired) electrons. The van der Waals surface area contributed by atoms with Crippen molar-refractivity contribution in [2.24, 2.45) is 11.8 Å². The summed E-state index contributed by atoms with van der Waals surface area (Å²) in [6.45, 7) is 9.50. The van der Waals surface area contributed by atoms with E-state index in [2.05, 4.69) is 47.9 Å². The summed E-state index contributed by atoms with van der Waals surface area (Å²) in [7, 11) is 0. The van der Waals surface area contributed by atoms with Crippen LogP contribution in [0, 0.1) is 11.8 Å². The molecule has 0 aromatic heterocycles. The Morgan fingerprint density at radius 3 is 2.38 bits per heavy atom. The summed E-state index contributed by atoms with van der Waals surface area (Å²) in [6, 6.07) is 10.5. The second-order valence-corrected chi connectivity index (χ2v) is 8.66. The Morgan fingerprint density at radius 1 is 1.12 bits per heavy atom. The van der Waals surface area contributed by atoms with Gasteiger partial charge in [0.25, 0.3) is 0 Å². The van der Waals surface area contributed by atoms with Crippen molar-refractivity contribution in [2.75, 3.05) is 32.7 Å². The molecule has 4 heteroatoms. The van der Waals surface area contributed by atoms with Crippen molar-refractivity contribution in [3.05, 3.63) is 35.9 Å². The monoisotopic (exact) mass is 346 g/mol. The number of piperazine rings is 1. The van der Waals surface area contributed by atoms with Gasteiger partial charge in [0.1, 0.15) is 0 Å². The third kappa shape index (κ3) is 5.00. The van der Waals surface area contributed by atoms with Gasteiger partial charge in [-0.3, -0.25) is 9.69 Å². The number of rotatable bonds is 7. The number of thioether (sulfide) groups is 1. The van der Waals surface area contributed by atoms with E-state index in [1.807, 2.05) is 6.07 Å². The van der Waals surface area contributed by atoms with Gasteiger partial charge in [-0.1, -0.05) is 44.2 Å². The molecule has 1 aromatic carbocycles. The summed E-state index contributed by atoms with van der Waals surface area (Å²) in [5.74, 6) is 2.57. The highest BCUT2D eigenvalue weighted by Gasteiger charge is 2.31. The predicted molar refractivity (Wildman–Crippen MR) is 102 cm³/mol. The number of nitrogens with zero attached hydrogens (tertiary/aromatic N) is 2. The van der Waals surface area contributed by atoms with E-state index in [4.69, 9.17) is 0 Å². The fourth-order valence-corrected chi connectivity index (χ4v) is 4.55. The van der Waals surface area contributed by atoms with Crippen LogP contribution in [0.5, 0.6) is 0 Å². The highest BCUT2D eigenvalue weighted by Crippen LogP contribution is 2.30. The van der Waals surface area contributed by atoms with E-state index in [1.165, 1.54) is 24.9 Å². The SMILES string of the molecule is CC(C)C(SCc1ccccc1)C(=O)N1CCN(CC2CC2)CC1. The van der Waals surface area contributed by atoms with Gasteiger partial charge < -0.3 is 4.90 Å². The van der Waals surface area contributed by atoms with Crippen LogP contribution in [0.2, 0.25) is 0 Å². The van der Waals surface area contributed by atoms with E-state index in [-0.39, 0.29) is 5.25 Å². The van der Waals surface area contributed by atoms with Gasteiger partial charge in [0.15, 0.2) is 0 Å². The van der Waals surface area contributed by atoms with Crippen LogP contribution in [0.1, 0.15) is 32.3 Å². The largest absolute Gasteiger partial charge is 0.339 e. The maximum Gasteiger partial charge on any atom is 0.236 e. The number of carbonyl (C=O) groups is 1. The van der Waals surface area contributed by atoms with Crippen molar-refractivity contribution in [3.63, 3.8) is 0 Å². The first kappa shape index (κ1) is 17.8. The van der Waals surface area contributed by atoms with Crippen molar-refractivity contribution in [1.82, 2.24) is 9.80 Å². The Morgan fingerprint density at radius 2 is 1.79 bits per heavy atom. The molecule has 1 saturated carbocycles. The lowest BCUT2D eigenvalue weighted by molar-refractivity contribution is -0.133. The molecule has 1 aliphatic heterocycles. The molecule has 1 aromatic rings. The molecule has 2 aliphatic rings. The first-order valence-corrected chi connectivity index (χ1v) is 10.3. The average Bonchev–Trinajstić information content (AvgIpc) is 3.40. The van der Waals surface area contributed by atoms with Gasteiger partial charge in [0, 0.05) is 38.5 Å². The van der Waals surface area contributed by atoms with E-state index >= 15 is 0 Å². The molecule has 1 heterocycles. The van der Waals surface area contributed by atoms with Crippen LogP contribution in [0.25, 0.3) is 0 Å². The van der Waals surface area contributed by atoms with Crippen molar-refractivity contribution in [1.29, 1.82) is 0 Å². The highest BCUT2D eigenvalue weighted by atomic mass is 32.2. The quantitative estimate of drug-likeness (QED) is 0.755. The van der Waals surface area contributed by atoms with Crippen LogP contribution in [0.3, 0.4) is 0 Å². The zero-order valence-electron chi connectivity index (χ0n) is 15.0. The third-order valence-corrected chi connectivity index (χ3v) is 6.62. The second kappa shape index (κ2) is 8.39. The van der Waals surface area contributed by atoms with Gasteiger partial charge in [0.2, 0.25) is 5.91 Å². The van der Waals surface area contributed by atoms with Crippen LogP contribution in [0.15, 0.2) is 30.3 Å². The Hall–Kier alpha value is -1.00. The minimum Gasteiger partial charge on any atom is -0.339 e. The van der Waals surface area contributed by atoms with Crippen LogP contribution in [0.4, 0.5) is 0 Å². The number of amides is 1. The normalized spacial score (nSPS) is 20.4. The molecule has 1 unspecified atom stereocenters. The fraction of sp³-hybridized carbons (Fsp3) is 0.650. The van der Waals surface area contributed by atoms with Crippen molar-refractivity contribution in [2.45, 2.75) is 37.7 Å². The molecule has 0 bridgehead atoms. The van der Waals surface area contributed by atoms with Crippen molar-refractivity contribution >= 4 is 17.7 Å². The second-order valence-electron chi connectivity index (χ2n) is 7.53. The van der Waals surface area contributed by atoms with E-state index in [0.717, 1.165) is 37.8 Å². The maximum absolute atomic E-state index is 13.0. The number of benzene rings is 1. The molecule has 1 amide bonds. The highest BCUT2D eigenvalue weighted by molar-refractivity contribution is 7.99. The topological polar surface area (TPSA) is 23.6 Å². The molecule has 3 rings (SSSR count). The number of hydrogen-bond donors (Lipinski definition) is 0. The average molecular weight is 347 g/mol. The van der Waals surface area contributed by atoms with E-state index < -0.39 is 0 Å². The van der Waals surface area contributed by atoms with Crippen LogP contribution < -0.4 is 0 Å². The summed E-state index contributed by atoms with van der Waals surface area (Å²) in [5.41, 5.74) is 1.30. The Kier molecular flexibility index (Phi) is 6.23. The molecule has 132 valence electrons. The molecule has 24 heavy (non-hydrogen) atoms. The smallest absolute Gasteiger partial charge is 0.236 e. The minimum absolute atomic E-state index is 0.0696. The number of carbonyl (C=O) groups excluding carboxylic acids is 1. The van der Waals surface area contributed by atoms with E-state index in [1.54, 1.807) is 11.8 Å². The lowest BCUT2D eigenvalue weighted by Crippen LogP contribution is -2.52. The van der Waals surface area contributed by atoms with Gasteiger partial charge in [-0.05, 0) is 30.2 Å². The molecule has 3 nitrogen and oxygen atoms in total. The van der Waals surface area contributed by atoms with Gasteiger partial charge in [-0.15, -0.1) is 11.8 Å². The van der Waals surface area contributed by atoms with Crippen LogP contribution >= 0.6 is 11.8 Å². The zero-order valence-corrected chi connectivity index (χ0v) is 15.8. The van der Waals surface area contributed by atoms with E-state index in [0.29, 0.717) is 11.8 Å². The molecule has 1 atom stereocenters. The minimum atomic E-state index is 0.0696. The molecular weight excluding hydrogens is 316 g/mol. The summed E-state index contributed by atoms with van der Waals surface area (Å²) in [6.07, 6.45) is 2.81. The predicted octanol–water partition coefficient (Wildman–Crippen LogP) is 3.50. The molecular formula is C20H30N2OS. The number of hydrogen-bond acceptors (Lipinski definition) is 3. The molecule has 0 spiro atoms. The summed E-state index contributed by atoms with van der Waals surface area (Å²) in [4.78, 5) is 17.6. The summed E-state index contributed by atoms with van der Waals surface area (Å²) < 4.78 is 0. The van der Waals surface area contributed by atoms with Gasteiger partial charge in [0.05, 0.1) is 5.25 Å². The van der Waals surface area contributed by atoms with Crippen LogP contribution in [-0.4, -0.2) is 53.7 Å². The Labute approximate surface area is 150 Å². The van der Waals surface area contributed by atoms with Crippen molar-refractivity contribution < 1.29 is 4.79 Å². The third-order valence-electron chi connectivity index (χ3n) is 5.02. The lowest BCUT2D eigenvalue weighted by Gasteiger charge is -2.37. The molecule has 0 N–H and O–H groups in total.